The molecule has 0 aromatic carbocycles. The topological polar surface area (TPSA) is 63.6 Å². The third-order valence-electron chi connectivity index (χ3n) is 3.35. The van der Waals surface area contributed by atoms with Gasteiger partial charge in [0.1, 0.15) is 0 Å². The van der Waals surface area contributed by atoms with Gasteiger partial charge in [0.15, 0.2) is 0 Å². The normalized spacial score (nSPS) is 10.4. The second kappa shape index (κ2) is 19.0. The number of carboxylic acid groups (broad SMARTS) is 1. The van der Waals surface area contributed by atoms with Crippen LogP contribution < -0.4 is 0 Å². The van der Waals surface area contributed by atoms with Gasteiger partial charge >= 0.3 is 49.7 Å². The van der Waals surface area contributed by atoms with E-state index in [-0.39, 0.29) is 37.7 Å². The molecule has 0 aliphatic rings. The minimum absolute atomic E-state index is 0. The first-order chi connectivity index (χ1) is 10.2. The molecule has 0 heterocycles. The van der Waals surface area contributed by atoms with E-state index < -0.39 is 11.9 Å². The van der Waals surface area contributed by atoms with Crippen LogP contribution in [-0.2, 0) is 14.3 Å². The Kier molecular flexibility index (Phi) is 20.9. The Morgan fingerprint density at radius 1 is 0.818 bits per heavy atom. The molecule has 22 heavy (non-hydrogen) atoms. The summed E-state index contributed by atoms with van der Waals surface area (Å²) in [4.78, 5) is 21.2. The van der Waals surface area contributed by atoms with E-state index in [2.05, 4.69) is 6.92 Å². The van der Waals surface area contributed by atoms with Crippen LogP contribution in [0.2, 0.25) is 0 Å². The Labute approximate surface area is 164 Å². The standard InChI is InChI=1S/C17H30O4.Ca.2H/c1-2-3-4-5-6-7-8-9-10-11-12-15-21-17(20)14-13-16(18)19;;;/h13-14H,2-12,15H2,1H3,(H,18,19);;;. The molecule has 0 aliphatic heterocycles. The summed E-state index contributed by atoms with van der Waals surface area (Å²) in [5.74, 6) is -1.72. The number of carbonyl (C=O) groups excluding carboxylic acids is 1. The van der Waals surface area contributed by atoms with E-state index in [0.29, 0.717) is 6.61 Å². The fourth-order valence-corrected chi connectivity index (χ4v) is 2.13. The molecular formula is C17H32CaO4. The maximum atomic E-state index is 11.1. The van der Waals surface area contributed by atoms with Crippen molar-refractivity contribution in [3.05, 3.63) is 12.2 Å². The van der Waals surface area contributed by atoms with Crippen LogP contribution in [0.1, 0.15) is 77.6 Å². The van der Waals surface area contributed by atoms with Crippen LogP contribution in [0, 0.1) is 0 Å². The predicted octanol–water partition coefficient (Wildman–Crippen LogP) is 3.57. The third-order valence-corrected chi connectivity index (χ3v) is 3.35. The molecular weight excluding hydrogens is 308 g/mol. The van der Waals surface area contributed by atoms with Gasteiger partial charge in [0.2, 0.25) is 0 Å². The van der Waals surface area contributed by atoms with Crippen molar-refractivity contribution in [3.63, 3.8) is 0 Å². The van der Waals surface area contributed by atoms with Gasteiger partial charge in [-0.05, 0) is 6.42 Å². The van der Waals surface area contributed by atoms with Gasteiger partial charge in [-0.2, -0.15) is 0 Å². The number of rotatable bonds is 14. The number of aliphatic carboxylic acids is 1. The summed E-state index contributed by atoms with van der Waals surface area (Å²) in [5, 5.41) is 8.34. The van der Waals surface area contributed by atoms with Gasteiger partial charge in [0.05, 0.1) is 6.61 Å². The summed E-state index contributed by atoms with van der Waals surface area (Å²) in [6, 6.07) is 0. The van der Waals surface area contributed by atoms with Crippen LogP contribution in [0.25, 0.3) is 0 Å². The van der Waals surface area contributed by atoms with Crippen LogP contribution >= 0.6 is 0 Å². The second-order valence-corrected chi connectivity index (χ2v) is 5.37. The Balaban J connectivity index is 0. The number of ether oxygens (including phenoxy) is 1. The van der Waals surface area contributed by atoms with Crippen LogP contribution in [-0.4, -0.2) is 61.4 Å². The molecule has 0 radical (unpaired) electrons. The molecule has 0 rings (SSSR count). The third kappa shape index (κ3) is 19.9. The van der Waals surface area contributed by atoms with Crippen molar-refractivity contribution in [1.82, 2.24) is 0 Å². The Hall–Kier alpha value is -0.0603. The molecule has 5 heteroatoms. The van der Waals surface area contributed by atoms with Gasteiger partial charge in [-0.1, -0.05) is 71.1 Å². The molecule has 0 aromatic heterocycles. The maximum absolute atomic E-state index is 11.1. The summed E-state index contributed by atoms with van der Waals surface area (Å²) in [7, 11) is 0. The van der Waals surface area contributed by atoms with Gasteiger partial charge in [0.25, 0.3) is 0 Å². The fraction of sp³-hybridized carbons (Fsp3) is 0.765. The van der Waals surface area contributed by atoms with Crippen LogP contribution in [0.3, 0.4) is 0 Å². The van der Waals surface area contributed by atoms with Crippen molar-refractivity contribution >= 4 is 49.7 Å². The molecule has 4 nitrogen and oxygen atoms in total. The van der Waals surface area contributed by atoms with Crippen molar-refractivity contribution < 1.29 is 19.4 Å². The van der Waals surface area contributed by atoms with Crippen molar-refractivity contribution in [1.29, 1.82) is 0 Å². The molecule has 0 spiro atoms. The van der Waals surface area contributed by atoms with Crippen molar-refractivity contribution in [2.45, 2.75) is 77.6 Å². The number of unbranched alkanes of at least 4 members (excludes halogenated alkanes) is 10. The molecule has 1 N–H and O–H groups in total. The van der Waals surface area contributed by atoms with E-state index >= 15 is 0 Å². The second-order valence-electron chi connectivity index (χ2n) is 5.37. The first kappa shape index (κ1) is 24.2. The van der Waals surface area contributed by atoms with E-state index in [9.17, 15) is 9.59 Å². The Morgan fingerprint density at radius 3 is 1.73 bits per heavy atom. The number of carbonyl (C=O) groups is 2. The predicted molar refractivity (Wildman–Crippen MR) is 92.7 cm³/mol. The molecule has 0 aliphatic carbocycles. The molecule has 0 aromatic rings. The fourth-order valence-electron chi connectivity index (χ4n) is 2.13. The van der Waals surface area contributed by atoms with Crippen LogP contribution in [0.15, 0.2) is 12.2 Å². The average Bonchev–Trinajstić information content (AvgIpc) is 2.46. The molecule has 0 fully saturated rings. The minimum atomic E-state index is -1.14. The molecule has 0 saturated heterocycles. The number of esters is 1. The van der Waals surface area contributed by atoms with Crippen LogP contribution in [0.5, 0.6) is 0 Å². The summed E-state index contributed by atoms with van der Waals surface area (Å²) < 4.78 is 4.89. The average molecular weight is 341 g/mol. The Bertz CT molecular complexity index is 303. The zero-order valence-corrected chi connectivity index (χ0v) is 13.3. The number of hydrogen-bond acceptors (Lipinski definition) is 3. The molecule has 0 amide bonds. The van der Waals surface area contributed by atoms with E-state index in [0.717, 1.165) is 25.0 Å². The zero-order valence-electron chi connectivity index (χ0n) is 13.3. The van der Waals surface area contributed by atoms with Gasteiger partial charge in [-0.15, -0.1) is 0 Å². The summed E-state index contributed by atoms with van der Waals surface area (Å²) in [6.07, 6.45) is 15.5. The number of carboxylic acids is 1. The zero-order chi connectivity index (χ0) is 15.8. The number of hydrogen-bond donors (Lipinski definition) is 1. The summed E-state index contributed by atoms with van der Waals surface area (Å²) in [5.41, 5.74) is 0. The van der Waals surface area contributed by atoms with Gasteiger partial charge in [-0.3, -0.25) is 0 Å². The van der Waals surface area contributed by atoms with Crippen molar-refractivity contribution in [2.24, 2.45) is 0 Å². The first-order valence-corrected chi connectivity index (χ1v) is 8.24. The SMILES string of the molecule is CCCCCCCCCCCCCOC(=O)C=CC(=O)O.[CaH2]. The Morgan fingerprint density at radius 2 is 1.27 bits per heavy atom. The molecule has 0 atom stereocenters. The monoisotopic (exact) mass is 340 g/mol. The van der Waals surface area contributed by atoms with Crippen molar-refractivity contribution in [3.8, 4) is 0 Å². The van der Waals surface area contributed by atoms with Gasteiger partial charge in [0, 0.05) is 12.2 Å². The molecule has 0 unspecified atom stereocenters. The first-order valence-electron chi connectivity index (χ1n) is 8.24. The van der Waals surface area contributed by atoms with E-state index in [1.165, 1.54) is 57.8 Å². The van der Waals surface area contributed by atoms with Crippen molar-refractivity contribution in [2.75, 3.05) is 6.61 Å². The molecule has 0 bridgehead atoms. The summed E-state index contributed by atoms with van der Waals surface area (Å²) in [6.45, 7) is 2.61. The summed E-state index contributed by atoms with van der Waals surface area (Å²) >= 11 is 0. The van der Waals surface area contributed by atoms with Gasteiger partial charge in [-0.25, -0.2) is 9.59 Å². The van der Waals surface area contributed by atoms with Crippen LogP contribution in [0.4, 0.5) is 0 Å². The van der Waals surface area contributed by atoms with E-state index in [4.69, 9.17) is 9.84 Å². The van der Waals surface area contributed by atoms with Gasteiger partial charge < -0.3 is 9.84 Å². The molecule has 0 saturated carbocycles. The molecule has 126 valence electrons. The van der Waals surface area contributed by atoms with E-state index in [1.54, 1.807) is 0 Å². The van der Waals surface area contributed by atoms with E-state index in [1.807, 2.05) is 0 Å². The quantitative estimate of drug-likeness (QED) is 0.227.